The summed E-state index contributed by atoms with van der Waals surface area (Å²) in [5.74, 6) is -0.330. The van der Waals surface area contributed by atoms with Gasteiger partial charge in [0.2, 0.25) is 5.43 Å². The predicted molar refractivity (Wildman–Crippen MR) is 123 cm³/mol. The molecule has 33 heavy (non-hydrogen) atoms. The largest absolute Gasteiger partial charge is 0.497 e. The molecule has 1 aromatic heterocycles. The second kappa shape index (κ2) is 9.95. The van der Waals surface area contributed by atoms with Crippen molar-refractivity contribution in [2.45, 2.75) is 25.8 Å². The maximum absolute atomic E-state index is 14.3. The number of ether oxygens (including phenoxy) is 1. The first-order valence-electron chi connectivity index (χ1n) is 11.0. The molecule has 1 fully saturated rings. The van der Waals surface area contributed by atoms with E-state index in [4.69, 9.17) is 4.74 Å². The second-order valence-electron chi connectivity index (χ2n) is 8.11. The number of hydrogen-bond acceptors (Lipinski definition) is 5. The third-order valence-electron chi connectivity index (χ3n) is 5.92. The van der Waals surface area contributed by atoms with E-state index in [1.807, 2.05) is 24.3 Å². The smallest absolute Gasteiger partial charge is 0.275 e. The Balaban J connectivity index is 1.59. The molecule has 1 saturated heterocycles. The molecule has 2 aromatic carbocycles. The first kappa shape index (κ1) is 22.7. The molecule has 1 aliphatic rings. The Bertz CT molecular complexity index is 1200. The van der Waals surface area contributed by atoms with E-state index in [9.17, 15) is 14.0 Å². The van der Waals surface area contributed by atoms with Gasteiger partial charge in [0.1, 0.15) is 17.3 Å². The molecule has 1 amide bonds. The van der Waals surface area contributed by atoms with Crippen LogP contribution in [0.3, 0.4) is 0 Å². The van der Waals surface area contributed by atoms with Crippen molar-refractivity contribution < 1.29 is 13.9 Å². The van der Waals surface area contributed by atoms with Gasteiger partial charge in [-0.1, -0.05) is 24.3 Å². The molecule has 0 unspecified atom stereocenters. The number of rotatable bonds is 7. The van der Waals surface area contributed by atoms with Crippen molar-refractivity contribution in [1.29, 1.82) is 0 Å². The summed E-state index contributed by atoms with van der Waals surface area (Å²) in [6.45, 7) is 3.82. The number of nitrogens with zero attached hydrogens (tertiary/aromatic N) is 3. The maximum atomic E-state index is 14.3. The zero-order valence-corrected chi connectivity index (χ0v) is 18.8. The van der Waals surface area contributed by atoms with Crippen LogP contribution in [0, 0.1) is 12.7 Å². The molecule has 0 aliphatic carbocycles. The summed E-state index contributed by atoms with van der Waals surface area (Å²) in [5.41, 5.74) is 0.867. The Labute approximate surface area is 191 Å². The molecule has 0 spiro atoms. The minimum Gasteiger partial charge on any atom is -0.497 e. The minimum absolute atomic E-state index is 0.0641. The van der Waals surface area contributed by atoms with E-state index < -0.39 is 17.2 Å². The van der Waals surface area contributed by atoms with E-state index in [0.29, 0.717) is 12.2 Å². The van der Waals surface area contributed by atoms with Gasteiger partial charge in [-0.2, -0.15) is 5.10 Å². The number of halogens is 1. The van der Waals surface area contributed by atoms with Crippen LogP contribution < -0.4 is 15.5 Å². The Morgan fingerprint density at radius 3 is 2.64 bits per heavy atom. The van der Waals surface area contributed by atoms with E-state index >= 15 is 0 Å². The van der Waals surface area contributed by atoms with Crippen LogP contribution in [0.15, 0.2) is 59.4 Å². The van der Waals surface area contributed by atoms with Crippen molar-refractivity contribution in [3.05, 3.63) is 87.6 Å². The van der Waals surface area contributed by atoms with Gasteiger partial charge in [-0.15, -0.1) is 0 Å². The van der Waals surface area contributed by atoms with Crippen LogP contribution in [-0.2, 0) is 0 Å². The van der Waals surface area contributed by atoms with Crippen molar-refractivity contribution in [3.8, 4) is 11.4 Å². The molecule has 1 atom stereocenters. The Morgan fingerprint density at radius 2 is 1.91 bits per heavy atom. The number of amides is 1. The summed E-state index contributed by atoms with van der Waals surface area (Å²) in [7, 11) is 1.62. The normalized spacial score (nSPS) is 14.8. The predicted octanol–water partition coefficient (Wildman–Crippen LogP) is 3.26. The van der Waals surface area contributed by atoms with Crippen LogP contribution in [0.4, 0.5) is 4.39 Å². The number of likely N-dealkylation sites (tertiary alicyclic amines) is 1. The first-order chi connectivity index (χ1) is 16.0. The molecule has 8 heteroatoms. The van der Waals surface area contributed by atoms with Crippen molar-refractivity contribution in [3.63, 3.8) is 0 Å². The summed E-state index contributed by atoms with van der Waals surface area (Å²) < 4.78 is 21.0. The van der Waals surface area contributed by atoms with E-state index in [1.54, 1.807) is 32.2 Å². The first-order valence-corrected chi connectivity index (χ1v) is 11.0. The third kappa shape index (κ3) is 4.96. The number of carbonyl (C=O) groups is 1. The Morgan fingerprint density at radius 1 is 1.15 bits per heavy atom. The van der Waals surface area contributed by atoms with Gasteiger partial charge in [0.25, 0.3) is 5.91 Å². The topological polar surface area (TPSA) is 76.5 Å². The van der Waals surface area contributed by atoms with Crippen LogP contribution in [0.2, 0.25) is 0 Å². The maximum Gasteiger partial charge on any atom is 0.275 e. The number of hydrogen-bond donors (Lipinski definition) is 1. The Hall–Kier alpha value is -3.52. The van der Waals surface area contributed by atoms with Crippen molar-refractivity contribution in [2.24, 2.45) is 0 Å². The minimum atomic E-state index is -0.586. The highest BCUT2D eigenvalue weighted by Crippen LogP contribution is 2.27. The molecule has 1 aliphatic heterocycles. The van der Waals surface area contributed by atoms with E-state index in [1.165, 1.54) is 16.8 Å². The lowest BCUT2D eigenvalue weighted by Crippen LogP contribution is -2.39. The fraction of sp³-hybridized carbons (Fsp3) is 0.320. The number of para-hydroxylation sites is 1. The van der Waals surface area contributed by atoms with Crippen LogP contribution >= 0.6 is 0 Å². The van der Waals surface area contributed by atoms with Gasteiger partial charge in [0.05, 0.1) is 13.2 Å². The summed E-state index contributed by atoms with van der Waals surface area (Å²) >= 11 is 0. The molecule has 3 aromatic rings. The fourth-order valence-corrected chi connectivity index (χ4v) is 4.20. The van der Waals surface area contributed by atoms with Crippen LogP contribution in [0.5, 0.6) is 5.75 Å². The van der Waals surface area contributed by atoms with Crippen molar-refractivity contribution in [2.75, 3.05) is 26.7 Å². The summed E-state index contributed by atoms with van der Waals surface area (Å²) in [4.78, 5) is 27.9. The summed E-state index contributed by atoms with van der Waals surface area (Å²) in [5, 5.41) is 7.07. The van der Waals surface area contributed by atoms with Crippen LogP contribution in [-0.4, -0.2) is 47.3 Å². The highest BCUT2D eigenvalue weighted by atomic mass is 19.1. The van der Waals surface area contributed by atoms with Gasteiger partial charge < -0.3 is 10.1 Å². The molecule has 172 valence electrons. The van der Waals surface area contributed by atoms with Gasteiger partial charge in [-0.3, -0.25) is 14.5 Å². The Kier molecular flexibility index (Phi) is 6.84. The number of benzene rings is 2. The highest BCUT2D eigenvalue weighted by Gasteiger charge is 2.25. The molecule has 0 radical (unpaired) electrons. The number of carbonyl (C=O) groups excluding carboxylic acids is 1. The molecule has 4 rings (SSSR count). The SMILES string of the molecule is COc1cccc([C@@H](CNC(=O)c2nn(-c3ccccc3F)c(C)cc2=O)N2CCCC2)c1. The van der Waals surface area contributed by atoms with E-state index in [2.05, 4.69) is 15.3 Å². The number of aryl methyl sites for hydroxylation is 1. The molecular weight excluding hydrogens is 423 g/mol. The van der Waals surface area contributed by atoms with Crippen LogP contribution in [0.1, 0.15) is 40.6 Å². The van der Waals surface area contributed by atoms with E-state index in [0.717, 1.165) is 37.2 Å². The standard InChI is InChI=1S/C25H27FN4O3/c1-17-14-23(31)24(28-30(17)21-11-4-3-10-20(21)26)25(32)27-16-22(29-12-5-6-13-29)18-8-7-9-19(15-18)33-2/h3-4,7-11,14-15,22H,5-6,12-13,16H2,1-2H3,(H,27,32)/t22-/m1/s1. The lowest BCUT2D eigenvalue weighted by atomic mass is 10.0. The number of aromatic nitrogens is 2. The monoisotopic (exact) mass is 450 g/mol. The van der Waals surface area contributed by atoms with Gasteiger partial charge in [-0.25, -0.2) is 9.07 Å². The lowest BCUT2D eigenvalue weighted by Gasteiger charge is -2.28. The second-order valence-corrected chi connectivity index (χ2v) is 8.11. The van der Waals surface area contributed by atoms with Gasteiger partial charge in [-0.05, 0) is 62.7 Å². The summed E-state index contributed by atoms with van der Waals surface area (Å²) in [6, 6.07) is 15.1. The highest BCUT2D eigenvalue weighted by molar-refractivity contribution is 5.92. The molecule has 1 N–H and O–H groups in total. The fourth-order valence-electron chi connectivity index (χ4n) is 4.20. The molecule has 0 saturated carbocycles. The van der Waals surface area contributed by atoms with Crippen LogP contribution in [0.25, 0.3) is 5.69 Å². The van der Waals surface area contributed by atoms with Crippen molar-refractivity contribution in [1.82, 2.24) is 20.0 Å². The van der Waals surface area contributed by atoms with Gasteiger partial charge >= 0.3 is 0 Å². The number of nitrogens with one attached hydrogen (secondary N) is 1. The quantitative estimate of drug-likeness (QED) is 0.598. The zero-order valence-electron chi connectivity index (χ0n) is 18.8. The van der Waals surface area contributed by atoms with Gasteiger partial charge in [0.15, 0.2) is 5.69 Å². The molecule has 0 bridgehead atoms. The van der Waals surface area contributed by atoms with E-state index in [-0.39, 0.29) is 17.4 Å². The molecule has 7 nitrogen and oxygen atoms in total. The lowest BCUT2D eigenvalue weighted by molar-refractivity contribution is 0.0930. The third-order valence-corrected chi connectivity index (χ3v) is 5.92. The number of methoxy groups -OCH3 is 1. The molecular formula is C25H27FN4O3. The van der Waals surface area contributed by atoms with Crippen molar-refractivity contribution >= 4 is 5.91 Å². The average molecular weight is 451 g/mol. The average Bonchev–Trinajstić information content (AvgIpc) is 3.34. The molecule has 2 heterocycles. The summed E-state index contributed by atoms with van der Waals surface area (Å²) in [6.07, 6.45) is 2.20. The zero-order chi connectivity index (χ0) is 23.4. The van der Waals surface area contributed by atoms with Gasteiger partial charge in [0, 0.05) is 18.3 Å².